The van der Waals surface area contributed by atoms with Gasteiger partial charge in [-0.15, -0.1) is 0 Å². The second-order valence-electron chi connectivity index (χ2n) is 4.48. The number of aromatic nitrogens is 2. The van der Waals surface area contributed by atoms with E-state index in [0.29, 0.717) is 0 Å². The summed E-state index contributed by atoms with van der Waals surface area (Å²) in [5.41, 5.74) is 3.42. The Morgan fingerprint density at radius 3 is 2.83 bits per heavy atom. The van der Waals surface area contributed by atoms with E-state index in [9.17, 15) is 0 Å². The zero-order valence-corrected chi connectivity index (χ0v) is 13.2. The van der Waals surface area contributed by atoms with Gasteiger partial charge in [0, 0.05) is 22.0 Å². The lowest BCUT2D eigenvalue weighted by Crippen LogP contribution is -2.03. The summed E-state index contributed by atoms with van der Waals surface area (Å²) in [6.07, 6.45) is 3.20. The van der Waals surface area contributed by atoms with E-state index >= 15 is 0 Å². The smallest absolute Gasteiger partial charge is 0.207 e. The topological polar surface area (TPSA) is 29.9 Å². The number of nitrogens with one attached hydrogen (secondary N) is 1. The molecular formula is C14H18IN3. The summed E-state index contributed by atoms with van der Waals surface area (Å²) < 4.78 is 3.40. The number of rotatable bonds is 4. The van der Waals surface area contributed by atoms with Crippen LogP contribution >= 0.6 is 22.6 Å². The number of halogens is 1. The van der Waals surface area contributed by atoms with Gasteiger partial charge in [-0.3, -0.25) is 0 Å². The average Bonchev–Trinajstić information content (AvgIpc) is 2.65. The molecule has 0 aliphatic heterocycles. The molecule has 0 amide bonds. The molecule has 0 atom stereocenters. The predicted molar refractivity (Wildman–Crippen MR) is 84.4 cm³/mol. The maximum atomic E-state index is 4.54. The Bertz CT molecular complexity index is 546. The monoisotopic (exact) mass is 355 g/mol. The van der Waals surface area contributed by atoms with Gasteiger partial charge in [0.25, 0.3) is 0 Å². The number of nitrogens with zero attached hydrogens (tertiary/aromatic N) is 2. The summed E-state index contributed by atoms with van der Waals surface area (Å²) in [6.45, 7) is 7.30. The molecule has 0 spiro atoms. The van der Waals surface area contributed by atoms with Crippen molar-refractivity contribution < 1.29 is 0 Å². The van der Waals surface area contributed by atoms with Crippen LogP contribution in [0.15, 0.2) is 24.4 Å². The fourth-order valence-corrected chi connectivity index (χ4v) is 2.40. The van der Waals surface area contributed by atoms with Gasteiger partial charge in [0.05, 0.1) is 5.69 Å². The van der Waals surface area contributed by atoms with Crippen molar-refractivity contribution in [2.45, 2.75) is 33.7 Å². The molecule has 0 bridgehead atoms. The summed E-state index contributed by atoms with van der Waals surface area (Å²) in [4.78, 5) is 4.54. The fourth-order valence-electron chi connectivity index (χ4n) is 1.91. The Balaban J connectivity index is 2.30. The Kier molecular flexibility index (Phi) is 4.27. The molecule has 3 nitrogen and oxygen atoms in total. The van der Waals surface area contributed by atoms with Crippen molar-refractivity contribution in [1.82, 2.24) is 9.55 Å². The van der Waals surface area contributed by atoms with Crippen LogP contribution in [0.2, 0.25) is 0 Å². The molecule has 0 unspecified atom stereocenters. The van der Waals surface area contributed by atoms with E-state index in [1.54, 1.807) is 0 Å². The molecule has 0 fully saturated rings. The SMILES string of the molecule is CCCn1cc(C)nc1Nc1cc(I)ccc1C. The molecule has 1 aromatic heterocycles. The second-order valence-corrected chi connectivity index (χ2v) is 5.73. The van der Waals surface area contributed by atoms with Gasteiger partial charge in [-0.05, 0) is 60.6 Å². The molecule has 2 rings (SSSR count). The fraction of sp³-hybridized carbons (Fsp3) is 0.357. The molecule has 4 heteroatoms. The largest absolute Gasteiger partial charge is 0.325 e. The van der Waals surface area contributed by atoms with E-state index in [1.807, 2.05) is 6.92 Å². The van der Waals surface area contributed by atoms with Crippen LogP contribution < -0.4 is 5.32 Å². The zero-order valence-electron chi connectivity index (χ0n) is 11.0. The quantitative estimate of drug-likeness (QED) is 0.831. The van der Waals surface area contributed by atoms with Crippen molar-refractivity contribution in [1.29, 1.82) is 0 Å². The molecule has 96 valence electrons. The maximum absolute atomic E-state index is 4.54. The first-order valence-corrected chi connectivity index (χ1v) is 7.25. The molecular weight excluding hydrogens is 337 g/mol. The van der Waals surface area contributed by atoms with E-state index in [2.05, 4.69) is 75.7 Å². The standard InChI is InChI=1S/C14H18IN3/c1-4-7-18-9-11(3)16-14(18)17-13-8-12(15)6-5-10(13)2/h5-6,8-9H,4,7H2,1-3H3,(H,16,17). The predicted octanol–water partition coefficient (Wildman–Crippen LogP) is 4.26. The van der Waals surface area contributed by atoms with E-state index in [-0.39, 0.29) is 0 Å². The molecule has 0 saturated heterocycles. The van der Waals surface area contributed by atoms with E-state index in [4.69, 9.17) is 0 Å². The van der Waals surface area contributed by atoms with Crippen LogP contribution in [0, 0.1) is 17.4 Å². The molecule has 0 aliphatic carbocycles. The zero-order chi connectivity index (χ0) is 13.1. The maximum Gasteiger partial charge on any atom is 0.207 e. The van der Waals surface area contributed by atoms with Crippen LogP contribution in [0.5, 0.6) is 0 Å². The minimum atomic E-state index is 0.930. The Morgan fingerprint density at radius 2 is 2.11 bits per heavy atom. The highest BCUT2D eigenvalue weighted by Crippen LogP contribution is 2.22. The van der Waals surface area contributed by atoms with Gasteiger partial charge < -0.3 is 9.88 Å². The summed E-state index contributed by atoms with van der Waals surface area (Å²) >= 11 is 2.33. The molecule has 18 heavy (non-hydrogen) atoms. The lowest BCUT2D eigenvalue weighted by atomic mass is 10.2. The number of anilines is 2. The highest BCUT2D eigenvalue weighted by atomic mass is 127. The Morgan fingerprint density at radius 1 is 1.33 bits per heavy atom. The summed E-state index contributed by atoms with van der Waals surface area (Å²) in [7, 11) is 0. The van der Waals surface area contributed by atoms with Gasteiger partial charge in [-0.1, -0.05) is 13.0 Å². The third kappa shape index (κ3) is 3.04. The van der Waals surface area contributed by atoms with Gasteiger partial charge in [-0.2, -0.15) is 0 Å². The van der Waals surface area contributed by atoms with Gasteiger partial charge in [0.15, 0.2) is 0 Å². The van der Waals surface area contributed by atoms with E-state index in [1.165, 1.54) is 9.13 Å². The van der Waals surface area contributed by atoms with Crippen molar-refractivity contribution in [3.8, 4) is 0 Å². The highest BCUT2D eigenvalue weighted by molar-refractivity contribution is 14.1. The third-order valence-corrected chi connectivity index (χ3v) is 3.48. The van der Waals surface area contributed by atoms with Crippen LogP contribution in [0.3, 0.4) is 0 Å². The van der Waals surface area contributed by atoms with Crippen molar-refractivity contribution in [2.75, 3.05) is 5.32 Å². The van der Waals surface area contributed by atoms with E-state index < -0.39 is 0 Å². The van der Waals surface area contributed by atoms with Crippen LogP contribution in [0.1, 0.15) is 24.6 Å². The van der Waals surface area contributed by atoms with Crippen LogP contribution in [0.4, 0.5) is 11.6 Å². The molecule has 0 radical (unpaired) electrons. The number of benzene rings is 1. The molecule has 2 aromatic rings. The van der Waals surface area contributed by atoms with Crippen LogP contribution in [-0.4, -0.2) is 9.55 Å². The lowest BCUT2D eigenvalue weighted by Gasteiger charge is -2.11. The second kappa shape index (κ2) is 5.73. The van der Waals surface area contributed by atoms with Crippen LogP contribution in [-0.2, 0) is 6.54 Å². The van der Waals surface area contributed by atoms with Gasteiger partial charge in [0.1, 0.15) is 0 Å². The Hall–Kier alpha value is -1.04. The lowest BCUT2D eigenvalue weighted by molar-refractivity contribution is 0.686. The number of imidazole rings is 1. The first-order valence-electron chi connectivity index (χ1n) is 6.17. The number of aryl methyl sites for hydroxylation is 3. The molecule has 1 heterocycles. The first kappa shape index (κ1) is 13.4. The summed E-state index contributed by atoms with van der Waals surface area (Å²) in [5, 5.41) is 3.43. The first-order chi connectivity index (χ1) is 8.60. The third-order valence-electron chi connectivity index (χ3n) is 2.81. The van der Waals surface area contributed by atoms with Gasteiger partial charge in [0.2, 0.25) is 5.95 Å². The van der Waals surface area contributed by atoms with Crippen molar-refractivity contribution in [3.05, 3.63) is 39.2 Å². The molecule has 0 saturated carbocycles. The minimum Gasteiger partial charge on any atom is -0.325 e. The number of hydrogen-bond acceptors (Lipinski definition) is 2. The van der Waals surface area contributed by atoms with Crippen LogP contribution in [0.25, 0.3) is 0 Å². The Labute approximate surface area is 122 Å². The number of hydrogen-bond donors (Lipinski definition) is 1. The summed E-state index contributed by atoms with van der Waals surface area (Å²) in [6, 6.07) is 6.39. The average molecular weight is 355 g/mol. The van der Waals surface area contributed by atoms with Gasteiger partial charge >= 0.3 is 0 Å². The van der Waals surface area contributed by atoms with Crippen molar-refractivity contribution in [3.63, 3.8) is 0 Å². The molecule has 1 N–H and O–H groups in total. The van der Waals surface area contributed by atoms with Crippen molar-refractivity contribution >= 4 is 34.2 Å². The van der Waals surface area contributed by atoms with Crippen molar-refractivity contribution in [2.24, 2.45) is 0 Å². The highest BCUT2D eigenvalue weighted by Gasteiger charge is 2.07. The van der Waals surface area contributed by atoms with Gasteiger partial charge in [-0.25, -0.2) is 4.98 Å². The molecule has 0 aliphatic rings. The van der Waals surface area contributed by atoms with E-state index in [0.717, 1.165) is 30.3 Å². The molecule has 1 aromatic carbocycles. The minimum absolute atomic E-state index is 0.930. The normalized spacial score (nSPS) is 10.7. The summed E-state index contributed by atoms with van der Waals surface area (Å²) in [5.74, 6) is 0.930.